The van der Waals surface area contributed by atoms with Gasteiger partial charge in [0.2, 0.25) is 0 Å². The van der Waals surface area contributed by atoms with E-state index in [0.717, 1.165) is 17.1 Å². The molecule has 0 bridgehead atoms. The van der Waals surface area contributed by atoms with Crippen LogP contribution in [0.2, 0.25) is 0 Å². The van der Waals surface area contributed by atoms with Gasteiger partial charge in [-0.1, -0.05) is 12.1 Å². The predicted octanol–water partition coefficient (Wildman–Crippen LogP) is 4.45. The minimum atomic E-state index is -0.842. The van der Waals surface area contributed by atoms with Crippen molar-refractivity contribution in [3.8, 4) is 11.4 Å². The van der Waals surface area contributed by atoms with Crippen LogP contribution in [-0.4, -0.2) is 27.2 Å². The zero-order chi connectivity index (χ0) is 21.1. The standard InChI is InChI=1S/C23H23FN2O4/c1-15-25-7-8-26(15)20-4-2-16(3-5-20)14-30-21-11-18(10-19(24)13-21)22-12-17(23(27)28)6-9-29-22/h2-5,7-8,10-11,13,17,22H,6,9,12,14H2,1H3,(H,27,28). The Labute approximate surface area is 173 Å². The molecular formula is C23H23FN2O4. The van der Waals surface area contributed by atoms with E-state index in [1.807, 2.05) is 42.0 Å². The van der Waals surface area contributed by atoms with Crippen molar-refractivity contribution in [2.75, 3.05) is 6.61 Å². The highest BCUT2D eigenvalue weighted by Gasteiger charge is 2.29. The molecule has 2 heterocycles. The highest BCUT2D eigenvalue weighted by Crippen LogP contribution is 2.34. The maximum Gasteiger partial charge on any atom is 0.306 e. The summed E-state index contributed by atoms with van der Waals surface area (Å²) in [5.41, 5.74) is 2.55. The summed E-state index contributed by atoms with van der Waals surface area (Å²) < 4.78 is 27.6. The molecule has 0 saturated carbocycles. The van der Waals surface area contributed by atoms with Crippen LogP contribution in [0.25, 0.3) is 5.69 Å². The predicted molar refractivity (Wildman–Crippen MR) is 108 cm³/mol. The number of aliphatic carboxylic acids is 1. The summed E-state index contributed by atoms with van der Waals surface area (Å²) in [6.45, 7) is 2.57. The monoisotopic (exact) mass is 410 g/mol. The molecule has 1 aromatic heterocycles. The zero-order valence-corrected chi connectivity index (χ0v) is 16.6. The lowest BCUT2D eigenvalue weighted by atomic mass is 9.92. The zero-order valence-electron chi connectivity index (χ0n) is 16.6. The molecule has 1 fully saturated rings. The average Bonchev–Trinajstić information content (AvgIpc) is 3.18. The van der Waals surface area contributed by atoms with Crippen molar-refractivity contribution >= 4 is 5.97 Å². The number of hydrogen-bond acceptors (Lipinski definition) is 4. The van der Waals surface area contributed by atoms with E-state index >= 15 is 0 Å². The van der Waals surface area contributed by atoms with Gasteiger partial charge in [-0.05, 0) is 55.2 Å². The van der Waals surface area contributed by atoms with E-state index in [9.17, 15) is 14.3 Å². The second-order valence-electron chi connectivity index (χ2n) is 7.44. The summed E-state index contributed by atoms with van der Waals surface area (Å²) in [4.78, 5) is 15.5. The van der Waals surface area contributed by atoms with Crippen molar-refractivity contribution in [1.82, 2.24) is 9.55 Å². The summed E-state index contributed by atoms with van der Waals surface area (Å²) in [5.74, 6) is -0.462. The molecule has 2 unspecified atom stereocenters. The molecule has 1 aliphatic rings. The molecule has 1 saturated heterocycles. The van der Waals surface area contributed by atoms with Gasteiger partial charge in [-0.2, -0.15) is 0 Å². The number of aromatic nitrogens is 2. The van der Waals surface area contributed by atoms with Crippen LogP contribution in [0.4, 0.5) is 4.39 Å². The SMILES string of the molecule is Cc1nccn1-c1ccc(COc2cc(F)cc(C3CC(C(=O)O)CCO3)c2)cc1. The van der Waals surface area contributed by atoms with Gasteiger partial charge in [0.1, 0.15) is 24.0 Å². The molecule has 30 heavy (non-hydrogen) atoms. The van der Waals surface area contributed by atoms with E-state index in [2.05, 4.69) is 4.98 Å². The van der Waals surface area contributed by atoms with E-state index in [-0.39, 0.29) is 6.61 Å². The maximum atomic E-state index is 14.2. The van der Waals surface area contributed by atoms with Crippen LogP contribution in [0, 0.1) is 18.7 Å². The van der Waals surface area contributed by atoms with Gasteiger partial charge in [0, 0.05) is 30.8 Å². The molecule has 6 nitrogen and oxygen atoms in total. The largest absolute Gasteiger partial charge is 0.489 e. The van der Waals surface area contributed by atoms with Crippen LogP contribution < -0.4 is 4.74 Å². The summed E-state index contributed by atoms with van der Waals surface area (Å²) in [5, 5.41) is 9.26. The Morgan fingerprint density at radius 2 is 2.10 bits per heavy atom. The van der Waals surface area contributed by atoms with Crippen molar-refractivity contribution in [2.24, 2.45) is 5.92 Å². The van der Waals surface area contributed by atoms with Crippen LogP contribution in [0.3, 0.4) is 0 Å². The van der Waals surface area contributed by atoms with E-state index in [1.165, 1.54) is 12.1 Å². The van der Waals surface area contributed by atoms with Crippen LogP contribution in [-0.2, 0) is 16.1 Å². The fraction of sp³-hybridized carbons (Fsp3) is 0.304. The molecule has 1 aliphatic heterocycles. The highest BCUT2D eigenvalue weighted by atomic mass is 19.1. The number of carboxylic acids is 1. The normalized spacial score (nSPS) is 18.9. The minimum Gasteiger partial charge on any atom is -0.489 e. The number of carbonyl (C=O) groups is 1. The van der Waals surface area contributed by atoms with Gasteiger partial charge < -0.3 is 19.1 Å². The Hall–Kier alpha value is -3.19. The van der Waals surface area contributed by atoms with Gasteiger partial charge in [-0.25, -0.2) is 9.37 Å². The van der Waals surface area contributed by atoms with Gasteiger partial charge in [0.05, 0.1) is 12.0 Å². The first kappa shape index (κ1) is 20.1. The van der Waals surface area contributed by atoms with Crippen LogP contribution in [0.15, 0.2) is 54.9 Å². The van der Waals surface area contributed by atoms with Gasteiger partial charge in [0.15, 0.2) is 0 Å². The van der Waals surface area contributed by atoms with Crippen molar-refractivity contribution in [3.63, 3.8) is 0 Å². The lowest BCUT2D eigenvalue weighted by Crippen LogP contribution is -2.25. The van der Waals surface area contributed by atoms with Crippen molar-refractivity contribution in [1.29, 1.82) is 0 Å². The second-order valence-corrected chi connectivity index (χ2v) is 7.44. The fourth-order valence-electron chi connectivity index (χ4n) is 3.68. The van der Waals surface area contributed by atoms with Crippen molar-refractivity contribution < 1.29 is 23.8 Å². The molecule has 3 aromatic rings. The molecule has 7 heteroatoms. The van der Waals surface area contributed by atoms with Gasteiger partial charge in [-0.3, -0.25) is 4.79 Å². The number of aryl methyl sites for hydroxylation is 1. The topological polar surface area (TPSA) is 73.6 Å². The number of nitrogens with zero attached hydrogens (tertiary/aromatic N) is 2. The van der Waals surface area contributed by atoms with E-state index in [4.69, 9.17) is 9.47 Å². The number of halogens is 1. The molecule has 2 atom stereocenters. The molecule has 1 N–H and O–H groups in total. The van der Waals surface area contributed by atoms with E-state index < -0.39 is 23.8 Å². The number of carboxylic acid groups (broad SMARTS) is 1. The second kappa shape index (κ2) is 8.67. The minimum absolute atomic E-state index is 0.287. The molecule has 0 radical (unpaired) electrons. The Morgan fingerprint density at radius 3 is 2.80 bits per heavy atom. The molecule has 0 aliphatic carbocycles. The smallest absolute Gasteiger partial charge is 0.306 e. The third-order valence-electron chi connectivity index (χ3n) is 5.34. The van der Waals surface area contributed by atoms with Gasteiger partial charge in [0.25, 0.3) is 0 Å². The summed E-state index contributed by atoms with van der Waals surface area (Å²) in [6.07, 6.45) is 4.00. The Kier molecular flexibility index (Phi) is 5.81. The number of ether oxygens (including phenoxy) is 2. The van der Waals surface area contributed by atoms with Crippen molar-refractivity contribution in [3.05, 3.63) is 77.6 Å². The van der Waals surface area contributed by atoms with Crippen LogP contribution >= 0.6 is 0 Å². The first-order valence-corrected chi connectivity index (χ1v) is 9.86. The summed E-state index contributed by atoms with van der Waals surface area (Å²) >= 11 is 0. The summed E-state index contributed by atoms with van der Waals surface area (Å²) in [7, 11) is 0. The first-order chi connectivity index (χ1) is 14.5. The maximum absolute atomic E-state index is 14.2. The molecule has 0 spiro atoms. The number of imidazole rings is 1. The Morgan fingerprint density at radius 1 is 1.30 bits per heavy atom. The number of rotatable bonds is 6. The molecule has 4 rings (SSSR count). The summed E-state index contributed by atoms with van der Waals surface area (Å²) in [6, 6.07) is 12.3. The fourth-order valence-corrected chi connectivity index (χ4v) is 3.68. The lowest BCUT2D eigenvalue weighted by Gasteiger charge is -2.27. The third kappa shape index (κ3) is 4.52. The molecule has 2 aromatic carbocycles. The number of hydrogen-bond donors (Lipinski definition) is 1. The van der Waals surface area contributed by atoms with E-state index in [1.54, 1.807) is 12.3 Å². The van der Waals surface area contributed by atoms with Crippen molar-refractivity contribution in [2.45, 2.75) is 32.5 Å². The first-order valence-electron chi connectivity index (χ1n) is 9.86. The van der Waals surface area contributed by atoms with Gasteiger partial charge in [-0.15, -0.1) is 0 Å². The highest BCUT2D eigenvalue weighted by molar-refractivity contribution is 5.70. The molecular weight excluding hydrogens is 387 g/mol. The third-order valence-corrected chi connectivity index (χ3v) is 5.34. The molecule has 156 valence electrons. The average molecular weight is 410 g/mol. The quantitative estimate of drug-likeness (QED) is 0.650. The lowest BCUT2D eigenvalue weighted by molar-refractivity contribution is -0.147. The Bertz CT molecular complexity index is 1030. The molecule has 0 amide bonds. The Balaban J connectivity index is 1.44. The van der Waals surface area contributed by atoms with Gasteiger partial charge >= 0.3 is 5.97 Å². The van der Waals surface area contributed by atoms with Crippen LogP contribution in [0.1, 0.15) is 35.9 Å². The number of benzene rings is 2. The van der Waals surface area contributed by atoms with E-state index in [0.29, 0.717) is 30.8 Å². The van der Waals surface area contributed by atoms with Crippen LogP contribution in [0.5, 0.6) is 5.75 Å².